The fraction of sp³-hybridized carbons (Fsp3) is 0.281. The second-order valence-electron chi connectivity index (χ2n) is 10.7. The Labute approximate surface area is 233 Å². The number of hydrogen-bond donors (Lipinski definition) is 1. The number of aliphatic hydroxyl groups is 1. The number of imide groups is 1. The second kappa shape index (κ2) is 10.7. The summed E-state index contributed by atoms with van der Waals surface area (Å²) in [5.74, 6) is -0.282. The number of nitrogens with zero attached hydrogens (tertiary/aromatic N) is 2. The molecule has 5 rings (SSSR count). The molecule has 1 fully saturated rings. The number of carbonyl (C=O) groups excluding carboxylic acids is 2. The van der Waals surface area contributed by atoms with E-state index in [9.17, 15) is 14.7 Å². The molecule has 0 aliphatic carbocycles. The van der Waals surface area contributed by atoms with Gasteiger partial charge in [-0.05, 0) is 49.9 Å². The highest BCUT2D eigenvalue weighted by Crippen LogP contribution is 2.44. The summed E-state index contributed by atoms with van der Waals surface area (Å²) in [6.07, 6.45) is -2.34. The van der Waals surface area contributed by atoms with Gasteiger partial charge >= 0.3 is 6.09 Å². The van der Waals surface area contributed by atoms with Crippen LogP contribution >= 0.6 is 0 Å². The van der Waals surface area contributed by atoms with Crippen LogP contribution in [0.5, 0.6) is 0 Å². The number of aromatic nitrogens is 1. The predicted octanol–water partition coefficient (Wildman–Crippen LogP) is 6.16. The van der Waals surface area contributed by atoms with Crippen molar-refractivity contribution in [1.29, 1.82) is 0 Å². The summed E-state index contributed by atoms with van der Waals surface area (Å²) in [7, 11) is 0. The summed E-state index contributed by atoms with van der Waals surface area (Å²) >= 11 is 0. The zero-order valence-electron chi connectivity index (χ0n) is 22.9. The summed E-state index contributed by atoms with van der Waals surface area (Å²) in [4.78, 5) is 28.5. The van der Waals surface area contributed by atoms with Crippen LogP contribution in [0.15, 0.2) is 95.5 Å². The molecule has 2 heterocycles. The molecule has 2 amide bonds. The first-order valence-electron chi connectivity index (χ1n) is 13.1. The van der Waals surface area contributed by atoms with Crippen molar-refractivity contribution in [3.05, 3.63) is 114 Å². The Morgan fingerprint density at radius 2 is 1.62 bits per heavy atom. The highest BCUT2D eigenvalue weighted by atomic mass is 16.6. The fourth-order valence-corrected chi connectivity index (χ4v) is 5.08. The molecule has 206 valence electrons. The summed E-state index contributed by atoms with van der Waals surface area (Å²) < 4.78 is 17.0. The van der Waals surface area contributed by atoms with Gasteiger partial charge in [0, 0.05) is 6.07 Å². The second-order valence-corrected chi connectivity index (χ2v) is 10.7. The summed E-state index contributed by atoms with van der Waals surface area (Å²) in [6.45, 7) is 6.64. The smallest absolute Gasteiger partial charge is 0.417 e. The van der Waals surface area contributed by atoms with E-state index in [2.05, 4.69) is 5.16 Å². The van der Waals surface area contributed by atoms with Gasteiger partial charge in [0.1, 0.15) is 29.2 Å². The number of amides is 2. The molecular weight excluding hydrogens is 508 g/mol. The van der Waals surface area contributed by atoms with Crippen LogP contribution in [0, 0.1) is 6.92 Å². The van der Waals surface area contributed by atoms with Crippen molar-refractivity contribution in [2.75, 3.05) is 0 Å². The maximum Gasteiger partial charge on any atom is 0.417 e. The van der Waals surface area contributed by atoms with Crippen molar-refractivity contribution < 1.29 is 28.7 Å². The maximum absolute atomic E-state index is 14.3. The number of ether oxygens (including phenoxy) is 2. The van der Waals surface area contributed by atoms with Crippen LogP contribution in [0.2, 0.25) is 0 Å². The van der Waals surface area contributed by atoms with E-state index in [4.69, 9.17) is 14.0 Å². The van der Waals surface area contributed by atoms with E-state index in [-0.39, 0.29) is 12.3 Å². The quantitative estimate of drug-likeness (QED) is 0.286. The Bertz CT molecular complexity index is 1480. The maximum atomic E-state index is 14.3. The van der Waals surface area contributed by atoms with Gasteiger partial charge in [-0.15, -0.1) is 0 Å². The van der Waals surface area contributed by atoms with E-state index in [1.54, 1.807) is 20.8 Å². The van der Waals surface area contributed by atoms with Crippen molar-refractivity contribution in [1.82, 2.24) is 10.1 Å². The Balaban J connectivity index is 1.48. The van der Waals surface area contributed by atoms with Crippen LogP contribution in [0.4, 0.5) is 4.79 Å². The molecule has 4 aromatic rings. The van der Waals surface area contributed by atoms with Gasteiger partial charge in [-0.3, -0.25) is 4.79 Å². The van der Waals surface area contributed by atoms with E-state index >= 15 is 0 Å². The number of carbonyl (C=O) groups is 2. The molecule has 3 aromatic carbocycles. The topological polar surface area (TPSA) is 102 Å². The zero-order chi connectivity index (χ0) is 28.5. The fourth-order valence-electron chi connectivity index (χ4n) is 5.08. The monoisotopic (exact) mass is 540 g/mol. The number of cyclic esters (lactones) is 1. The molecule has 1 aromatic heterocycles. The van der Waals surface area contributed by atoms with E-state index in [0.29, 0.717) is 5.76 Å². The van der Waals surface area contributed by atoms with E-state index in [1.807, 2.05) is 84.9 Å². The van der Waals surface area contributed by atoms with Crippen molar-refractivity contribution >= 4 is 12.0 Å². The summed E-state index contributed by atoms with van der Waals surface area (Å²) in [5.41, 5.74) is 0.813. The number of benzene rings is 3. The Hall–Kier alpha value is -4.27. The minimum atomic E-state index is -1.91. The van der Waals surface area contributed by atoms with Crippen LogP contribution in [0.3, 0.4) is 0 Å². The van der Waals surface area contributed by atoms with Gasteiger partial charge in [0.15, 0.2) is 5.60 Å². The molecule has 1 aliphatic rings. The number of rotatable bonds is 8. The van der Waals surface area contributed by atoms with Gasteiger partial charge in [-0.25, -0.2) is 9.69 Å². The normalized spacial score (nSPS) is 18.7. The lowest BCUT2D eigenvalue weighted by Crippen LogP contribution is -2.54. The lowest BCUT2D eigenvalue weighted by atomic mass is 9.88. The van der Waals surface area contributed by atoms with Crippen molar-refractivity contribution in [3.8, 4) is 11.1 Å². The molecule has 0 saturated carbocycles. The molecule has 1 N–H and O–H groups in total. The molecule has 8 nitrogen and oxygen atoms in total. The highest BCUT2D eigenvalue weighted by molar-refractivity contribution is 5.99. The van der Waals surface area contributed by atoms with Crippen molar-refractivity contribution in [2.45, 2.75) is 57.6 Å². The van der Waals surface area contributed by atoms with Crippen LogP contribution < -0.4 is 0 Å². The number of hydrogen-bond acceptors (Lipinski definition) is 7. The molecule has 3 atom stereocenters. The highest BCUT2D eigenvalue weighted by Gasteiger charge is 2.57. The Kier molecular flexibility index (Phi) is 7.31. The first-order valence-corrected chi connectivity index (χ1v) is 13.1. The van der Waals surface area contributed by atoms with E-state index < -0.39 is 35.3 Å². The minimum Gasteiger partial charge on any atom is -0.440 e. The summed E-state index contributed by atoms with van der Waals surface area (Å²) in [6, 6.07) is 27.7. The molecular formula is C32H32N2O6. The zero-order valence-corrected chi connectivity index (χ0v) is 22.9. The van der Waals surface area contributed by atoms with E-state index in [0.717, 1.165) is 27.2 Å². The average Bonchev–Trinajstić information content (AvgIpc) is 3.50. The van der Waals surface area contributed by atoms with Gasteiger partial charge in [0.2, 0.25) is 0 Å². The minimum absolute atomic E-state index is 0.00646. The van der Waals surface area contributed by atoms with Crippen LogP contribution in [-0.2, 0) is 20.9 Å². The Morgan fingerprint density at radius 3 is 2.23 bits per heavy atom. The lowest BCUT2D eigenvalue weighted by molar-refractivity contribution is -0.175. The van der Waals surface area contributed by atoms with Crippen LogP contribution in [0.1, 0.15) is 55.5 Å². The van der Waals surface area contributed by atoms with Crippen molar-refractivity contribution in [3.63, 3.8) is 0 Å². The van der Waals surface area contributed by atoms with E-state index in [1.165, 1.54) is 13.0 Å². The first kappa shape index (κ1) is 27.3. The van der Waals surface area contributed by atoms with Gasteiger partial charge in [0.05, 0.1) is 6.61 Å². The summed E-state index contributed by atoms with van der Waals surface area (Å²) in [5, 5.41) is 15.4. The average molecular weight is 541 g/mol. The standard InChI is InChI=1S/C32H32N2O6/c1-21-19-26(33-40-21)28(35)32(4,38-20-22-15-17-24(18-16-22)23-11-7-5-8-12-23)29(36)34-27(25-13-9-6-10-14-25)31(2,3)39-30(34)37/h5-19,27-28,35H,20H2,1-4H3/t27-,28-,32-/m0/s1. The third-order valence-electron chi connectivity index (χ3n) is 7.27. The molecule has 0 spiro atoms. The van der Waals surface area contributed by atoms with Crippen molar-refractivity contribution in [2.24, 2.45) is 0 Å². The third-order valence-corrected chi connectivity index (χ3v) is 7.27. The lowest BCUT2D eigenvalue weighted by Gasteiger charge is -2.37. The van der Waals surface area contributed by atoms with Gasteiger partial charge in [-0.1, -0.05) is 90.1 Å². The SMILES string of the molecule is Cc1cc([C@H](O)[C@](C)(OCc2ccc(-c3ccccc3)cc2)C(=O)N2C(=O)OC(C)(C)[C@@H]2c2ccccc2)no1. The third kappa shape index (κ3) is 5.15. The van der Waals surface area contributed by atoms with Gasteiger partial charge in [0.25, 0.3) is 5.91 Å². The molecule has 8 heteroatoms. The molecule has 1 saturated heterocycles. The predicted molar refractivity (Wildman–Crippen MR) is 148 cm³/mol. The molecule has 0 bridgehead atoms. The van der Waals surface area contributed by atoms with Crippen LogP contribution in [0.25, 0.3) is 11.1 Å². The largest absolute Gasteiger partial charge is 0.440 e. The van der Waals surface area contributed by atoms with Crippen LogP contribution in [-0.4, -0.2) is 38.4 Å². The molecule has 40 heavy (non-hydrogen) atoms. The number of aliphatic hydroxyl groups excluding tert-OH is 1. The molecule has 0 unspecified atom stereocenters. The van der Waals surface area contributed by atoms with Gasteiger partial charge < -0.3 is 19.1 Å². The number of aryl methyl sites for hydroxylation is 1. The molecule has 0 radical (unpaired) electrons. The Morgan fingerprint density at radius 1 is 1.02 bits per heavy atom. The van der Waals surface area contributed by atoms with Gasteiger partial charge in [-0.2, -0.15) is 0 Å². The molecule has 1 aliphatic heterocycles. The first-order chi connectivity index (χ1) is 19.1.